The average molecular weight is 412 g/mol. The Labute approximate surface area is 180 Å². The third kappa shape index (κ3) is 5.62. The van der Waals surface area contributed by atoms with Crippen LogP contribution in [0.5, 0.6) is 11.5 Å². The summed E-state index contributed by atoms with van der Waals surface area (Å²) in [4.78, 5) is 26.9. The molecule has 0 saturated carbocycles. The van der Waals surface area contributed by atoms with Crippen molar-refractivity contribution in [2.24, 2.45) is 0 Å². The smallest absolute Gasteiger partial charge is 0.415 e. The van der Waals surface area contributed by atoms with Gasteiger partial charge in [0, 0.05) is 13.1 Å². The first kappa shape index (κ1) is 23.5. The molecule has 0 radical (unpaired) electrons. The van der Waals surface area contributed by atoms with Gasteiger partial charge in [0.15, 0.2) is 11.5 Å². The molecule has 0 fully saturated rings. The number of carbonyl (C=O) groups excluding carboxylic acids is 2. The zero-order valence-corrected chi connectivity index (χ0v) is 19.2. The number of aryl methyl sites for hydroxylation is 2. The van der Waals surface area contributed by atoms with Crippen molar-refractivity contribution in [2.45, 2.75) is 60.3 Å². The molecule has 0 aliphatic rings. The molecule has 0 N–H and O–H groups in total. The molecule has 0 aliphatic carbocycles. The maximum Gasteiger partial charge on any atom is 0.415 e. The minimum Gasteiger partial charge on any atom is -0.419 e. The van der Waals surface area contributed by atoms with Crippen LogP contribution in [-0.2, 0) is 11.8 Å². The van der Waals surface area contributed by atoms with E-state index >= 15 is 0 Å². The van der Waals surface area contributed by atoms with E-state index in [2.05, 4.69) is 27.7 Å². The van der Waals surface area contributed by atoms with Crippen molar-refractivity contribution in [1.29, 1.82) is 0 Å². The lowest BCUT2D eigenvalue weighted by atomic mass is 9.86. The molecule has 5 nitrogen and oxygen atoms in total. The quantitative estimate of drug-likeness (QED) is 0.438. The Kier molecular flexibility index (Phi) is 7.65. The van der Waals surface area contributed by atoms with Gasteiger partial charge >= 0.3 is 12.1 Å². The predicted octanol–water partition coefficient (Wildman–Crippen LogP) is 5.91. The van der Waals surface area contributed by atoms with Gasteiger partial charge in [0.2, 0.25) is 0 Å². The molecule has 0 aromatic heterocycles. The van der Waals surface area contributed by atoms with Gasteiger partial charge in [-0.15, -0.1) is 0 Å². The monoisotopic (exact) mass is 411 g/mol. The van der Waals surface area contributed by atoms with Crippen LogP contribution in [0.15, 0.2) is 36.4 Å². The Morgan fingerprint density at radius 3 is 2.03 bits per heavy atom. The van der Waals surface area contributed by atoms with Gasteiger partial charge in [-0.05, 0) is 67.5 Å². The summed E-state index contributed by atoms with van der Waals surface area (Å²) in [6.45, 7) is 15.0. The van der Waals surface area contributed by atoms with Crippen LogP contribution in [0.25, 0.3) is 0 Å². The van der Waals surface area contributed by atoms with E-state index in [1.807, 2.05) is 39.0 Å². The molecule has 0 heterocycles. The fourth-order valence-corrected chi connectivity index (χ4v) is 3.05. The lowest BCUT2D eigenvalue weighted by Crippen LogP contribution is -2.33. The molecule has 162 valence electrons. The minimum absolute atomic E-state index is 0.157. The second-order valence-electron chi connectivity index (χ2n) is 8.35. The average Bonchev–Trinajstić information content (AvgIpc) is 2.70. The molecular weight excluding hydrogens is 378 g/mol. The van der Waals surface area contributed by atoms with Crippen LogP contribution >= 0.6 is 0 Å². The summed E-state index contributed by atoms with van der Waals surface area (Å²) in [5, 5.41) is 0. The van der Waals surface area contributed by atoms with Crippen molar-refractivity contribution >= 4 is 12.1 Å². The lowest BCUT2D eigenvalue weighted by molar-refractivity contribution is 0.0726. The SMILES string of the molecule is CCc1ccc(C(=O)Oc2cc(C(C)(C)C)cc(C)c2OC(=O)N(CC)CC)cc1. The van der Waals surface area contributed by atoms with Crippen molar-refractivity contribution in [3.8, 4) is 11.5 Å². The summed E-state index contributed by atoms with van der Waals surface area (Å²) < 4.78 is 11.4. The summed E-state index contributed by atoms with van der Waals surface area (Å²) in [6.07, 6.45) is 0.435. The van der Waals surface area contributed by atoms with Crippen LogP contribution in [0.1, 0.15) is 68.6 Å². The molecule has 0 atom stereocenters. The third-order valence-corrected chi connectivity index (χ3v) is 5.12. The highest BCUT2D eigenvalue weighted by molar-refractivity contribution is 5.91. The normalized spacial score (nSPS) is 11.2. The molecular formula is C25H33NO4. The summed E-state index contributed by atoms with van der Waals surface area (Å²) >= 11 is 0. The number of nitrogens with zero attached hydrogens (tertiary/aromatic N) is 1. The third-order valence-electron chi connectivity index (χ3n) is 5.12. The highest BCUT2D eigenvalue weighted by Gasteiger charge is 2.24. The highest BCUT2D eigenvalue weighted by atomic mass is 16.6. The summed E-state index contributed by atoms with van der Waals surface area (Å²) in [6, 6.07) is 11.1. The van der Waals surface area contributed by atoms with Crippen LogP contribution in [0.3, 0.4) is 0 Å². The first-order valence-corrected chi connectivity index (χ1v) is 10.5. The van der Waals surface area contributed by atoms with Gasteiger partial charge in [-0.2, -0.15) is 0 Å². The zero-order valence-electron chi connectivity index (χ0n) is 19.2. The maximum atomic E-state index is 12.8. The molecule has 30 heavy (non-hydrogen) atoms. The Balaban J connectivity index is 2.43. The highest BCUT2D eigenvalue weighted by Crippen LogP contribution is 2.37. The number of hydrogen-bond acceptors (Lipinski definition) is 4. The van der Waals surface area contributed by atoms with Gasteiger partial charge in [-0.1, -0.05) is 45.9 Å². The Morgan fingerprint density at radius 2 is 1.53 bits per heavy atom. The Hall–Kier alpha value is -2.82. The van der Waals surface area contributed by atoms with E-state index in [4.69, 9.17) is 9.47 Å². The molecule has 0 saturated heterocycles. The van der Waals surface area contributed by atoms with Crippen LogP contribution in [0.2, 0.25) is 0 Å². The molecule has 0 unspecified atom stereocenters. The second-order valence-corrected chi connectivity index (χ2v) is 8.35. The molecule has 5 heteroatoms. The van der Waals surface area contributed by atoms with Gasteiger partial charge < -0.3 is 14.4 Å². The Bertz CT molecular complexity index is 891. The van der Waals surface area contributed by atoms with Gasteiger partial charge in [0.25, 0.3) is 0 Å². The number of esters is 1. The van der Waals surface area contributed by atoms with Crippen LogP contribution < -0.4 is 9.47 Å². The van der Waals surface area contributed by atoms with E-state index in [-0.39, 0.29) is 16.9 Å². The number of benzene rings is 2. The molecule has 2 rings (SSSR count). The van der Waals surface area contributed by atoms with Gasteiger partial charge in [-0.3, -0.25) is 0 Å². The molecule has 2 aromatic carbocycles. The van der Waals surface area contributed by atoms with Gasteiger partial charge in [0.1, 0.15) is 0 Å². The largest absolute Gasteiger partial charge is 0.419 e. The van der Waals surface area contributed by atoms with Crippen molar-refractivity contribution < 1.29 is 19.1 Å². The molecule has 0 spiro atoms. The molecule has 0 aliphatic heterocycles. The summed E-state index contributed by atoms with van der Waals surface area (Å²) in [5.74, 6) is 0.0478. The van der Waals surface area contributed by atoms with Crippen molar-refractivity contribution in [3.05, 3.63) is 58.7 Å². The second kappa shape index (κ2) is 9.79. The number of hydrogen-bond donors (Lipinski definition) is 0. The maximum absolute atomic E-state index is 12.8. The van der Waals surface area contributed by atoms with Crippen molar-refractivity contribution in [2.75, 3.05) is 13.1 Å². The number of ether oxygens (including phenoxy) is 2. The summed E-state index contributed by atoms with van der Waals surface area (Å²) in [5.41, 5.74) is 3.17. The van der Waals surface area contributed by atoms with Crippen LogP contribution in [0, 0.1) is 6.92 Å². The summed E-state index contributed by atoms with van der Waals surface area (Å²) in [7, 11) is 0. The lowest BCUT2D eigenvalue weighted by Gasteiger charge is -2.24. The first-order chi connectivity index (χ1) is 14.1. The van der Waals surface area contributed by atoms with Crippen LogP contribution in [-0.4, -0.2) is 30.1 Å². The number of amides is 1. The first-order valence-electron chi connectivity index (χ1n) is 10.5. The van der Waals surface area contributed by atoms with Crippen molar-refractivity contribution in [3.63, 3.8) is 0 Å². The van der Waals surface area contributed by atoms with E-state index < -0.39 is 12.1 Å². The molecule has 2 aromatic rings. The minimum atomic E-state index is -0.483. The number of rotatable bonds is 6. The van der Waals surface area contributed by atoms with Gasteiger partial charge in [0.05, 0.1) is 5.56 Å². The Morgan fingerprint density at radius 1 is 0.933 bits per heavy atom. The van der Waals surface area contributed by atoms with E-state index in [9.17, 15) is 9.59 Å². The van der Waals surface area contributed by atoms with E-state index in [0.717, 1.165) is 23.1 Å². The predicted molar refractivity (Wildman–Crippen MR) is 120 cm³/mol. The van der Waals surface area contributed by atoms with Crippen LogP contribution in [0.4, 0.5) is 4.79 Å². The van der Waals surface area contributed by atoms with E-state index in [1.54, 1.807) is 23.1 Å². The topological polar surface area (TPSA) is 55.8 Å². The van der Waals surface area contributed by atoms with E-state index in [1.165, 1.54) is 0 Å². The van der Waals surface area contributed by atoms with Crippen molar-refractivity contribution in [1.82, 2.24) is 4.90 Å². The number of carbonyl (C=O) groups is 2. The molecule has 0 bridgehead atoms. The van der Waals surface area contributed by atoms with E-state index in [0.29, 0.717) is 18.7 Å². The zero-order chi connectivity index (χ0) is 22.5. The fourth-order valence-electron chi connectivity index (χ4n) is 3.05. The standard InChI is InChI=1S/C25H33NO4/c1-8-18-11-13-19(14-12-18)23(27)29-21-16-20(25(5,6)7)15-17(4)22(21)30-24(28)26(9-2)10-3/h11-16H,8-10H2,1-7H3. The molecule has 1 amide bonds. The fraction of sp³-hybridized carbons (Fsp3) is 0.440. The van der Waals surface area contributed by atoms with Gasteiger partial charge in [-0.25, -0.2) is 9.59 Å².